The molecule has 0 aliphatic heterocycles. The first-order valence-corrected chi connectivity index (χ1v) is 8.27. The Bertz CT molecular complexity index is 598. The zero-order valence-electron chi connectivity index (χ0n) is 13.3. The van der Waals surface area contributed by atoms with E-state index in [1.54, 1.807) is 0 Å². The molecule has 1 aromatic rings. The summed E-state index contributed by atoms with van der Waals surface area (Å²) in [4.78, 5) is 24.2. The zero-order valence-corrected chi connectivity index (χ0v) is 13.3. The highest BCUT2D eigenvalue weighted by molar-refractivity contribution is 5.87. The molecule has 23 heavy (non-hydrogen) atoms. The van der Waals surface area contributed by atoms with Gasteiger partial charge in [-0.05, 0) is 37.2 Å². The van der Waals surface area contributed by atoms with Crippen molar-refractivity contribution in [3.63, 3.8) is 0 Å². The Morgan fingerprint density at radius 3 is 2.87 bits per heavy atom. The van der Waals surface area contributed by atoms with Crippen LogP contribution in [0.2, 0.25) is 0 Å². The monoisotopic (exact) mass is 313 g/mol. The van der Waals surface area contributed by atoms with Gasteiger partial charge in [-0.3, -0.25) is 4.79 Å². The van der Waals surface area contributed by atoms with Crippen molar-refractivity contribution >= 4 is 11.9 Å². The van der Waals surface area contributed by atoms with E-state index in [4.69, 9.17) is 4.74 Å². The van der Waals surface area contributed by atoms with E-state index in [2.05, 4.69) is 11.9 Å². The van der Waals surface area contributed by atoms with E-state index in [0.717, 1.165) is 31.2 Å². The first-order chi connectivity index (χ1) is 11.1. The minimum atomic E-state index is -0.373. The van der Waals surface area contributed by atoms with Crippen molar-refractivity contribution in [2.24, 2.45) is 11.3 Å². The molecule has 0 spiro atoms. The van der Waals surface area contributed by atoms with Gasteiger partial charge in [-0.25, -0.2) is 4.79 Å². The van der Waals surface area contributed by atoms with Crippen LogP contribution in [0.1, 0.15) is 37.7 Å². The van der Waals surface area contributed by atoms with Crippen LogP contribution in [0, 0.1) is 11.3 Å². The number of allylic oxidation sites excluding steroid dienone is 1. The van der Waals surface area contributed by atoms with Gasteiger partial charge in [0, 0.05) is 17.9 Å². The van der Waals surface area contributed by atoms with Crippen molar-refractivity contribution in [1.29, 1.82) is 0 Å². The van der Waals surface area contributed by atoms with E-state index in [1.165, 1.54) is 0 Å². The van der Waals surface area contributed by atoms with Gasteiger partial charge in [0.05, 0.1) is 0 Å². The fourth-order valence-corrected chi connectivity index (χ4v) is 3.89. The molecule has 122 valence electrons. The highest BCUT2D eigenvalue weighted by Gasteiger charge is 2.47. The van der Waals surface area contributed by atoms with Crippen molar-refractivity contribution < 1.29 is 14.3 Å². The summed E-state index contributed by atoms with van der Waals surface area (Å²) in [5.74, 6) is 0.651. The van der Waals surface area contributed by atoms with Gasteiger partial charge in [0.2, 0.25) is 0 Å². The van der Waals surface area contributed by atoms with E-state index in [9.17, 15) is 9.59 Å². The number of hydrogen-bond donors (Lipinski definition) is 1. The highest BCUT2D eigenvalue weighted by atomic mass is 16.5. The Morgan fingerprint density at radius 1 is 1.35 bits per heavy atom. The Balaban J connectivity index is 1.54. The molecule has 4 nitrogen and oxygen atoms in total. The van der Waals surface area contributed by atoms with Gasteiger partial charge in [-0.2, -0.15) is 0 Å². The Morgan fingerprint density at radius 2 is 2.13 bits per heavy atom. The van der Waals surface area contributed by atoms with Crippen molar-refractivity contribution in [3.8, 4) is 0 Å². The Kier molecular flexibility index (Phi) is 4.51. The number of nitrogens with one attached hydrogen (secondary N) is 1. The third kappa shape index (κ3) is 3.31. The second-order valence-electron chi connectivity index (χ2n) is 6.64. The van der Waals surface area contributed by atoms with Crippen LogP contribution >= 0.6 is 0 Å². The molecule has 2 aliphatic carbocycles. The lowest BCUT2D eigenvalue weighted by atomic mass is 9.60. The van der Waals surface area contributed by atoms with E-state index in [1.807, 2.05) is 36.4 Å². The summed E-state index contributed by atoms with van der Waals surface area (Å²) < 4.78 is 5.30. The normalized spacial score (nSPS) is 29.7. The van der Waals surface area contributed by atoms with Gasteiger partial charge in [0.15, 0.2) is 0 Å². The minimum Gasteiger partial charge on any atom is -0.445 e. The predicted molar refractivity (Wildman–Crippen MR) is 87.8 cm³/mol. The molecule has 2 bridgehead atoms. The van der Waals surface area contributed by atoms with Gasteiger partial charge in [0.1, 0.15) is 12.4 Å². The fraction of sp³-hybridized carbons (Fsp3) is 0.474. The van der Waals surface area contributed by atoms with Gasteiger partial charge >= 0.3 is 6.09 Å². The average Bonchev–Trinajstić information content (AvgIpc) is 2.59. The second kappa shape index (κ2) is 6.57. The van der Waals surface area contributed by atoms with Gasteiger partial charge in [-0.1, -0.05) is 36.4 Å². The average molecular weight is 313 g/mol. The first-order valence-electron chi connectivity index (χ1n) is 8.27. The smallest absolute Gasteiger partial charge is 0.407 e. The summed E-state index contributed by atoms with van der Waals surface area (Å²) in [6.45, 7) is 4.14. The number of hydrogen-bond acceptors (Lipinski definition) is 3. The third-order valence-electron chi connectivity index (χ3n) is 5.30. The minimum absolute atomic E-state index is 0.0967. The molecular weight excluding hydrogens is 290 g/mol. The van der Waals surface area contributed by atoms with Crippen molar-refractivity contribution in [2.45, 2.75) is 44.8 Å². The van der Waals surface area contributed by atoms with Crippen molar-refractivity contribution in [2.75, 3.05) is 0 Å². The molecule has 0 saturated heterocycles. The fourth-order valence-electron chi connectivity index (χ4n) is 3.89. The summed E-state index contributed by atoms with van der Waals surface area (Å²) in [5, 5.41) is 2.99. The summed E-state index contributed by atoms with van der Waals surface area (Å²) >= 11 is 0. The number of amides is 1. The van der Waals surface area contributed by atoms with Gasteiger partial charge < -0.3 is 10.1 Å². The molecule has 0 heterocycles. The lowest BCUT2D eigenvalue weighted by Crippen LogP contribution is -2.51. The van der Waals surface area contributed by atoms with Crippen LogP contribution in [0.15, 0.2) is 43.0 Å². The number of carbonyl (C=O) groups excluding carboxylic acids is 2. The Labute approximate surface area is 136 Å². The summed E-state index contributed by atoms with van der Waals surface area (Å²) in [6.07, 6.45) is 5.27. The third-order valence-corrected chi connectivity index (χ3v) is 5.30. The van der Waals surface area contributed by atoms with Gasteiger partial charge in [0.25, 0.3) is 0 Å². The topological polar surface area (TPSA) is 55.4 Å². The molecule has 2 aliphatic rings. The molecule has 3 atom stereocenters. The lowest BCUT2D eigenvalue weighted by Gasteiger charge is -2.46. The second-order valence-corrected chi connectivity index (χ2v) is 6.64. The molecule has 3 unspecified atom stereocenters. The molecule has 3 rings (SSSR count). The van der Waals surface area contributed by atoms with Crippen LogP contribution in [0.4, 0.5) is 4.79 Å². The number of ether oxygens (including phenoxy) is 1. The number of benzene rings is 1. The summed E-state index contributed by atoms with van der Waals surface area (Å²) in [6, 6.07) is 9.73. The van der Waals surface area contributed by atoms with Crippen LogP contribution in [0.25, 0.3) is 0 Å². The molecule has 0 aromatic heterocycles. The van der Waals surface area contributed by atoms with Crippen LogP contribution in [0.5, 0.6) is 0 Å². The number of fused-ring (bicyclic) bond motifs is 2. The quantitative estimate of drug-likeness (QED) is 0.864. The van der Waals surface area contributed by atoms with Crippen molar-refractivity contribution in [1.82, 2.24) is 5.32 Å². The summed E-state index contributed by atoms with van der Waals surface area (Å²) in [7, 11) is 0. The summed E-state index contributed by atoms with van der Waals surface area (Å²) in [5.41, 5.74) is 0.620. The molecule has 2 saturated carbocycles. The number of ketones is 1. The van der Waals surface area contributed by atoms with Crippen molar-refractivity contribution in [3.05, 3.63) is 48.6 Å². The van der Waals surface area contributed by atoms with E-state index in [-0.39, 0.29) is 24.2 Å². The van der Waals surface area contributed by atoms with E-state index < -0.39 is 0 Å². The SMILES string of the molecule is C=CC12CCC(NC(=O)OCc3ccccc3)C(CCC1=O)C2. The van der Waals surface area contributed by atoms with Gasteiger partial charge in [-0.15, -0.1) is 6.58 Å². The molecular formula is C19H23NO3. The molecule has 0 radical (unpaired) electrons. The zero-order chi connectivity index (χ0) is 16.3. The molecule has 2 fully saturated rings. The van der Waals surface area contributed by atoms with Crippen LogP contribution in [-0.2, 0) is 16.1 Å². The molecule has 1 amide bonds. The molecule has 1 aromatic carbocycles. The van der Waals surface area contributed by atoms with Crippen LogP contribution in [-0.4, -0.2) is 17.9 Å². The van der Waals surface area contributed by atoms with E-state index in [0.29, 0.717) is 18.1 Å². The number of Topliss-reactive ketones (excluding diaryl/α,β-unsaturated/α-hetero) is 1. The largest absolute Gasteiger partial charge is 0.445 e. The maximum absolute atomic E-state index is 12.2. The molecule has 1 N–H and O–H groups in total. The molecule has 4 heteroatoms. The number of carbonyl (C=O) groups is 2. The lowest BCUT2D eigenvalue weighted by molar-refractivity contribution is -0.132. The van der Waals surface area contributed by atoms with Crippen LogP contribution < -0.4 is 5.32 Å². The Hall–Kier alpha value is -2.10. The first kappa shape index (κ1) is 15.8. The number of alkyl carbamates (subject to hydrolysis) is 1. The highest BCUT2D eigenvalue weighted by Crippen LogP contribution is 2.47. The maximum atomic E-state index is 12.2. The maximum Gasteiger partial charge on any atom is 0.407 e. The number of rotatable bonds is 4. The van der Waals surface area contributed by atoms with Crippen LogP contribution in [0.3, 0.4) is 0 Å². The van der Waals surface area contributed by atoms with E-state index >= 15 is 0 Å². The predicted octanol–water partition coefficient (Wildman–Crippen LogP) is 3.62. The standard InChI is InChI=1S/C19H23NO3/c1-2-19-11-10-16(15(12-19)8-9-17(19)21)20-18(22)23-13-14-6-4-3-5-7-14/h2-7,15-16H,1,8-13H2,(H,20,22).